The van der Waals surface area contributed by atoms with E-state index in [1.165, 1.54) is 4.90 Å². The molecule has 1 aromatic rings. The number of hydrogen-bond acceptors (Lipinski definition) is 3. The van der Waals surface area contributed by atoms with Crippen LogP contribution in [-0.4, -0.2) is 18.0 Å². The fourth-order valence-corrected chi connectivity index (χ4v) is 2.05. The number of benzene rings is 1. The summed E-state index contributed by atoms with van der Waals surface area (Å²) < 4.78 is 0. The number of nitrogens with zero attached hydrogens (tertiary/aromatic N) is 1. The van der Waals surface area contributed by atoms with Crippen molar-refractivity contribution in [3.05, 3.63) is 23.8 Å². The zero-order valence-corrected chi connectivity index (χ0v) is 10.7. The summed E-state index contributed by atoms with van der Waals surface area (Å²) in [7, 11) is 0. The molecule has 1 aliphatic heterocycles. The number of nitrogens with one attached hydrogen (secondary N) is 1. The molecule has 0 spiro atoms. The Labute approximate surface area is 106 Å². The van der Waals surface area contributed by atoms with Crippen molar-refractivity contribution in [1.82, 2.24) is 5.32 Å². The molecule has 1 aromatic carbocycles. The maximum absolute atomic E-state index is 12.2. The zero-order valence-electron chi connectivity index (χ0n) is 10.7. The van der Waals surface area contributed by atoms with Crippen LogP contribution in [0.15, 0.2) is 18.2 Å². The SMILES string of the molecule is Cc1ccc(N)cc1N1C(=O)NC(C(C)C)C1=O. The van der Waals surface area contributed by atoms with Gasteiger partial charge >= 0.3 is 6.03 Å². The number of hydrogen-bond donors (Lipinski definition) is 2. The molecule has 18 heavy (non-hydrogen) atoms. The summed E-state index contributed by atoms with van der Waals surface area (Å²) in [6, 6.07) is 4.35. The van der Waals surface area contributed by atoms with E-state index in [1.54, 1.807) is 18.2 Å². The van der Waals surface area contributed by atoms with Gasteiger partial charge in [0.1, 0.15) is 6.04 Å². The first kappa shape index (κ1) is 12.4. The van der Waals surface area contributed by atoms with E-state index in [9.17, 15) is 9.59 Å². The molecular weight excluding hydrogens is 230 g/mol. The molecule has 2 rings (SSSR count). The van der Waals surface area contributed by atoms with Crippen molar-refractivity contribution in [3.63, 3.8) is 0 Å². The van der Waals surface area contributed by atoms with E-state index in [4.69, 9.17) is 5.73 Å². The molecule has 0 saturated carbocycles. The number of imide groups is 1. The van der Waals surface area contributed by atoms with Crippen molar-refractivity contribution >= 4 is 23.3 Å². The Balaban J connectivity index is 2.42. The highest BCUT2D eigenvalue weighted by molar-refractivity contribution is 6.21. The molecule has 5 heteroatoms. The van der Waals surface area contributed by atoms with Gasteiger partial charge in [0, 0.05) is 5.69 Å². The second kappa shape index (κ2) is 4.33. The second-order valence-electron chi connectivity index (χ2n) is 4.89. The van der Waals surface area contributed by atoms with Crippen LogP contribution in [0, 0.1) is 12.8 Å². The smallest absolute Gasteiger partial charge is 0.329 e. The number of urea groups is 1. The van der Waals surface area contributed by atoms with Crippen molar-refractivity contribution in [2.24, 2.45) is 5.92 Å². The number of nitrogens with two attached hydrogens (primary N) is 1. The number of carbonyl (C=O) groups is 2. The van der Waals surface area contributed by atoms with Crippen LogP contribution < -0.4 is 16.0 Å². The Morgan fingerprint density at radius 1 is 1.33 bits per heavy atom. The van der Waals surface area contributed by atoms with Gasteiger partial charge in [-0.25, -0.2) is 9.69 Å². The maximum Gasteiger partial charge on any atom is 0.329 e. The van der Waals surface area contributed by atoms with Crippen LogP contribution in [0.3, 0.4) is 0 Å². The summed E-state index contributed by atoms with van der Waals surface area (Å²) in [6.45, 7) is 5.65. The van der Waals surface area contributed by atoms with Gasteiger partial charge in [-0.3, -0.25) is 4.79 Å². The van der Waals surface area contributed by atoms with Crippen LogP contribution in [-0.2, 0) is 4.79 Å². The number of anilines is 2. The highest BCUT2D eigenvalue weighted by Gasteiger charge is 2.40. The lowest BCUT2D eigenvalue weighted by molar-refractivity contribution is -0.119. The molecule has 96 valence electrons. The van der Waals surface area contributed by atoms with E-state index < -0.39 is 6.04 Å². The van der Waals surface area contributed by atoms with Crippen molar-refractivity contribution in [3.8, 4) is 0 Å². The van der Waals surface area contributed by atoms with E-state index in [2.05, 4.69) is 5.32 Å². The molecule has 1 aliphatic rings. The molecule has 1 unspecified atom stereocenters. The molecule has 0 radical (unpaired) electrons. The molecule has 3 N–H and O–H groups in total. The van der Waals surface area contributed by atoms with Crippen molar-refractivity contribution in [2.45, 2.75) is 26.8 Å². The normalized spacial score (nSPS) is 19.6. The first-order valence-corrected chi connectivity index (χ1v) is 5.92. The Hall–Kier alpha value is -2.04. The minimum absolute atomic E-state index is 0.0628. The maximum atomic E-state index is 12.2. The van der Waals surface area contributed by atoms with Crippen LogP contribution in [0.4, 0.5) is 16.2 Å². The number of nitrogen functional groups attached to an aromatic ring is 1. The first-order chi connectivity index (χ1) is 8.41. The van der Waals surface area contributed by atoms with E-state index >= 15 is 0 Å². The first-order valence-electron chi connectivity index (χ1n) is 5.92. The van der Waals surface area contributed by atoms with Gasteiger partial charge in [-0.05, 0) is 30.5 Å². The average molecular weight is 247 g/mol. The Kier molecular flexibility index (Phi) is 2.98. The average Bonchev–Trinajstić information content (AvgIpc) is 2.58. The highest BCUT2D eigenvalue weighted by Crippen LogP contribution is 2.27. The summed E-state index contributed by atoms with van der Waals surface area (Å²) in [6.07, 6.45) is 0. The van der Waals surface area contributed by atoms with E-state index in [1.807, 2.05) is 20.8 Å². The minimum atomic E-state index is -0.460. The van der Waals surface area contributed by atoms with Crippen molar-refractivity contribution in [1.29, 1.82) is 0 Å². The highest BCUT2D eigenvalue weighted by atomic mass is 16.2. The van der Waals surface area contributed by atoms with Gasteiger partial charge in [0.15, 0.2) is 0 Å². The van der Waals surface area contributed by atoms with Crippen molar-refractivity contribution in [2.75, 3.05) is 10.6 Å². The predicted octanol–water partition coefficient (Wildman–Crippen LogP) is 1.66. The number of rotatable bonds is 2. The third-order valence-corrected chi connectivity index (χ3v) is 3.11. The van der Waals surface area contributed by atoms with Crippen molar-refractivity contribution < 1.29 is 9.59 Å². The number of amides is 3. The third kappa shape index (κ3) is 1.92. The second-order valence-corrected chi connectivity index (χ2v) is 4.89. The molecule has 1 fully saturated rings. The molecule has 5 nitrogen and oxygen atoms in total. The van der Waals surface area contributed by atoms with Gasteiger partial charge in [-0.2, -0.15) is 0 Å². The predicted molar refractivity (Wildman–Crippen MR) is 70.2 cm³/mol. The monoisotopic (exact) mass is 247 g/mol. The molecule has 1 saturated heterocycles. The minimum Gasteiger partial charge on any atom is -0.399 e. The zero-order chi connectivity index (χ0) is 13.4. The van der Waals surface area contributed by atoms with Gasteiger partial charge in [-0.1, -0.05) is 19.9 Å². The molecule has 0 aliphatic carbocycles. The molecule has 0 bridgehead atoms. The Bertz CT molecular complexity index is 511. The van der Waals surface area contributed by atoms with Gasteiger partial charge in [0.2, 0.25) is 0 Å². The largest absolute Gasteiger partial charge is 0.399 e. The summed E-state index contributed by atoms with van der Waals surface area (Å²) >= 11 is 0. The van der Waals surface area contributed by atoms with Crippen LogP contribution in [0.1, 0.15) is 19.4 Å². The summed E-state index contributed by atoms with van der Waals surface area (Å²) in [5.41, 5.74) is 7.64. The van der Waals surface area contributed by atoms with Crippen LogP contribution in [0.5, 0.6) is 0 Å². The lowest BCUT2D eigenvalue weighted by Crippen LogP contribution is -2.34. The van der Waals surface area contributed by atoms with Gasteiger partial charge < -0.3 is 11.1 Å². The van der Waals surface area contributed by atoms with Crippen LogP contribution in [0.2, 0.25) is 0 Å². The molecule has 1 atom stereocenters. The summed E-state index contributed by atoms with van der Waals surface area (Å²) in [5, 5.41) is 2.69. The molecule has 1 heterocycles. The summed E-state index contributed by atoms with van der Waals surface area (Å²) in [4.78, 5) is 25.3. The van der Waals surface area contributed by atoms with Crippen LogP contribution >= 0.6 is 0 Å². The van der Waals surface area contributed by atoms with E-state index in [0.717, 1.165) is 5.56 Å². The summed E-state index contributed by atoms with van der Waals surface area (Å²) in [5.74, 6) is -0.156. The fourth-order valence-electron chi connectivity index (χ4n) is 2.05. The molecule has 3 amide bonds. The van der Waals surface area contributed by atoms with E-state index in [0.29, 0.717) is 11.4 Å². The number of aryl methyl sites for hydroxylation is 1. The van der Waals surface area contributed by atoms with E-state index in [-0.39, 0.29) is 17.9 Å². The standard InChI is InChI=1S/C13H17N3O2/c1-7(2)11-12(17)16(13(18)15-11)10-6-9(14)5-4-8(10)3/h4-7,11H,14H2,1-3H3,(H,15,18). The van der Waals surface area contributed by atoms with Gasteiger partial charge in [0.05, 0.1) is 5.69 Å². The van der Waals surface area contributed by atoms with Gasteiger partial charge in [-0.15, -0.1) is 0 Å². The fraction of sp³-hybridized carbons (Fsp3) is 0.385. The molecule has 0 aromatic heterocycles. The molecular formula is C13H17N3O2. The van der Waals surface area contributed by atoms with Crippen LogP contribution in [0.25, 0.3) is 0 Å². The lowest BCUT2D eigenvalue weighted by atomic mass is 10.0. The Morgan fingerprint density at radius 3 is 2.56 bits per heavy atom. The Morgan fingerprint density at radius 2 is 2.00 bits per heavy atom. The van der Waals surface area contributed by atoms with Gasteiger partial charge in [0.25, 0.3) is 5.91 Å². The number of carbonyl (C=O) groups excluding carboxylic acids is 2. The topological polar surface area (TPSA) is 75.4 Å². The lowest BCUT2D eigenvalue weighted by Gasteiger charge is -2.17. The quantitative estimate of drug-likeness (QED) is 0.616. The third-order valence-electron chi connectivity index (χ3n) is 3.11.